The minimum Gasteiger partial charge on any atom is -0.172 e. The Bertz CT molecular complexity index is 2200. The molecule has 6 heteroatoms. The molecule has 2 atom stereocenters. The highest BCUT2D eigenvalue weighted by Crippen LogP contribution is 2.41. The maximum Gasteiger partial charge on any atom is 0.157 e. The largest absolute Gasteiger partial charge is 0.172 e. The van der Waals surface area contributed by atoms with Crippen LogP contribution in [0.1, 0.15) is 45.0 Å². The SMILES string of the molecule is Cc1ccc(C(c2ccc(C(c3ccccc3)(c3ccc(C)cc3)n3nc4ccccc4n3)cc2)n2nc3ccccc3n2)cc1. The second-order valence-electron chi connectivity index (χ2n) is 11.9. The smallest absolute Gasteiger partial charge is 0.157 e. The Morgan fingerprint density at radius 3 is 1.28 bits per heavy atom. The van der Waals surface area contributed by atoms with Crippen molar-refractivity contribution in [1.82, 2.24) is 30.0 Å². The lowest BCUT2D eigenvalue weighted by atomic mass is 9.77. The molecule has 0 aliphatic heterocycles. The molecule has 0 N–H and O–H groups in total. The molecular weight excluding hydrogens is 564 g/mol. The molecule has 8 aromatic rings. The quantitative estimate of drug-likeness (QED) is 0.174. The van der Waals surface area contributed by atoms with Gasteiger partial charge in [0.2, 0.25) is 0 Å². The van der Waals surface area contributed by atoms with Crippen molar-refractivity contribution in [3.63, 3.8) is 0 Å². The Morgan fingerprint density at radius 2 is 0.783 bits per heavy atom. The van der Waals surface area contributed by atoms with E-state index in [1.54, 1.807) is 0 Å². The first kappa shape index (κ1) is 27.7. The fourth-order valence-corrected chi connectivity index (χ4v) is 6.44. The zero-order valence-electron chi connectivity index (χ0n) is 25.7. The third-order valence-corrected chi connectivity index (χ3v) is 8.82. The van der Waals surface area contributed by atoms with E-state index in [9.17, 15) is 0 Å². The average Bonchev–Trinajstić information content (AvgIpc) is 3.73. The molecule has 0 aliphatic carbocycles. The number of hydrogen-bond donors (Lipinski definition) is 0. The molecule has 0 aliphatic rings. The second kappa shape index (κ2) is 11.2. The summed E-state index contributed by atoms with van der Waals surface area (Å²) in [5.74, 6) is 0. The number of benzene rings is 6. The van der Waals surface area contributed by atoms with Gasteiger partial charge in [0.25, 0.3) is 0 Å². The molecule has 0 fully saturated rings. The molecule has 6 nitrogen and oxygen atoms in total. The number of aromatic nitrogens is 6. The molecule has 222 valence electrons. The van der Waals surface area contributed by atoms with Crippen LogP contribution in [0.4, 0.5) is 0 Å². The molecule has 0 amide bonds. The minimum absolute atomic E-state index is 0.210. The van der Waals surface area contributed by atoms with Crippen LogP contribution in [0.5, 0.6) is 0 Å². The van der Waals surface area contributed by atoms with Gasteiger partial charge in [-0.3, -0.25) is 0 Å². The number of rotatable bonds is 7. The van der Waals surface area contributed by atoms with Crippen molar-refractivity contribution in [3.05, 3.63) is 191 Å². The summed E-state index contributed by atoms with van der Waals surface area (Å²) in [6.45, 7) is 4.22. The zero-order chi connectivity index (χ0) is 31.1. The molecular formula is C40H32N6. The number of hydrogen-bond acceptors (Lipinski definition) is 4. The van der Waals surface area contributed by atoms with Crippen LogP contribution < -0.4 is 0 Å². The van der Waals surface area contributed by atoms with Crippen LogP contribution in [-0.2, 0) is 5.54 Å². The topological polar surface area (TPSA) is 61.4 Å². The van der Waals surface area contributed by atoms with E-state index in [-0.39, 0.29) is 6.04 Å². The fourth-order valence-electron chi connectivity index (χ4n) is 6.44. The second-order valence-corrected chi connectivity index (χ2v) is 11.9. The summed E-state index contributed by atoms with van der Waals surface area (Å²) in [5.41, 5.74) is 10.4. The summed E-state index contributed by atoms with van der Waals surface area (Å²) < 4.78 is 0. The molecule has 0 saturated heterocycles. The van der Waals surface area contributed by atoms with E-state index in [0.29, 0.717) is 0 Å². The van der Waals surface area contributed by atoms with Crippen molar-refractivity contribution >= 4 is 22.1 Å². The van der Waals surface area contributed by atoms with Crippen molar-refractivity contribution in [3.8, 4) is 0 Å². The van der Waals surface area contributed by atoms with Gasteiger partial charge in [0.15, 0.2) is 5.54 Å². The third kappa shape index (κ3) is 4.66. The van der Waals surface area contributed by atoms with E-state index in [4.69, 9.17) is 20.4 Å². The zero-order valence-corrected chi connectivity index (χ0v) is 25.7. The summed E-state index contributed by atoms with van der Waals surface area (Å²) >= 11 is 0. The van der Waals surface area contributed by atoms with Crippen LogP contribution >= 0.6 is 0 Å². The van der Waals surface area contributed by atoms with E-state index in [1.807, 2.05) is 64.2 Å². The van der Waals surface area contributed by atoms with Gasteiger partial charge in [-0.25, -0.2) is 0 Å². The summed E-state index contributed by atoms with van der Waals surface area (Å²) in [6.07, 6.45) is 0. The lowest BCUT2D eigenvalue weighted by molar-refractivity contribution is 0.409. The summed E-state index contributed by atoms with van der Waals surface area (Å²) in [7, 11) is 0. The Kier molecular flexibility index (Phi) is 6.76. The minimum atomic E-state index is -0.829. The summed E-state index contributed by atoms with van der Waals surface area (Å²) in [4.78, 5) is 3.74. The highest BCUT2D eigenvalue weighted by atomic mass is 15.5. The molecule has 8 rings (SSSR count). The van der Waals surface area contributed by atoms with Crippen molar-refractivity contribution in [1.29, 1.82) is 0 Å². The predicted molar refractivity (Wildman–Crippen MR) is 183 cm³/mol. The van der Waals surface area contributed by atoms with Gasteiger partial charge in [-0.1, -0.05) is 139 Å². The van der Waals surface area contributed by atoms with E-state index in [2.05, 4.69) is 111 Å². The number of aryl methyl sites for hydroxylation is 2. The molecule has 2 aromatic heterocycles. The Morgan fingerprint density at radius 1 is 0.413 bits per heavy atom. The number of fused-ring (bicyclic) bond motifs is 2. The highest BCUT2D eigenvalue weighted by Gasteiger charge is 2.41. The molecule has 6 aromatic carbocycles. The van der Waals surface area contributed by atoms with Crippen LogP contribution in [0.25, 0.3) is 22.1 Å². The van der Waals surface area contributed by atoms with Crippen molar-refractivity contribution in [2.24, 2.45) is 0 Å². The first-order valence-corrected chi connectivity index (χ1v) is 15.5. The van der Waals surface area contributed by atoms with E-state index in [0.717, 1.165) is 49.9 Å². The Labute approximate surface area is 267 Å². The van der Waals surface area contributed by atoms with Crippen molar-refractivity contribution in [2.75, 3.05) is 0 Å². The first-order valence-electron chi connectivity index (χ1n) is 15.5. The van der Waals surface area contributed by atoms with E-state index >= 15 is 0 Å². The van der Waals surface area contributed by atoms with Crippen molar-refractivity contribution < 1.29 is 0 Å². The fraction of sp³-hybridized carbons (Fsp3) is 0.100. The predicted octanol–water partition coefficient (Wildman–Crippen LogP) is 8.27. The van der Waals surface area contributed by atoms with Gasteiger partial charge in [-0.2, -0.15) is 30.0 Å². The van der Waals surface area contributed by atoms with Gasteiger partial charge in [0.1, 0.15) is 28.1 Å². The maximum atomic E-state index is 5.10. The van der Waals surface area contributed by atoms with Crippen LogP contribution in [0.15, 0.2) is 152 Å². The average molecular weight is 597 g/mol. The number of nitrogens with zero attached hydrogens (tertiary/aromatic N) is 6. The van der Waals surface area contributed by atoms with Gasteiger partial charge >= 0.3 is 0 Å². The van der Waals surface area contributed by atoms with E-state index in [1.165, 1.54) is 11.1 Å². The lowest BCUT2D eigenvalue weighted by Gasteiger charge is -2.35. The highest BCUT2D eigenvalue weighted by molar-refractivity contribution is 5.74. The maximum absolute atomic E-state index is 5.10. The van der Waals surface area contributed by atoms with Crippen LogP contribution in [0, 0.1) is 13.8 Å². The molecule has 2 unspecified atom stereocenters. The standard InChI is InChI=1S/C40H32N6/c1-28-16-20-30(21-17-28)39(45-41-35-12-6-7-13-36(35)42-45)31-22-26-34(27-23-31)40(32-10-4-3-5-11-32,33-24-18-29(2)19-25-33)46-43-37-14-8-9-15-38(37)44-46/h3-27,39H,1-2H3. The Hall–Kier alpha value is -5.88. The molecule has 0 radical (unpaired) electrons. The van der Waals surface area contributed by atoms with Crippen LogP contribution in [-0.4, -0.2) is 30.0 Å². The molecule has 2 heterocycles. The molecule has 0 spiro atoms. The van der Waals surface area contributed by atoms with Gasteiger partial charge in [0.05, 0.1) is 0 Å². The van der Waals surface area contributed by atoms with Crippen LogP contribution in [0.2, 0.25) is 0 Å². The molecule has 46 heavy (non-hydrogen) atoms. The third-order valence-electron chi connectivity index (χ3n) is 8.82. The molecule has 0 bridgehead atoms. The normalized spacial score (nSPS) is 13.5. The monoisotopic (exact) mass is 596 g/mol. The summed E-state index contributed by atoms with van der Waals surface area (Å²) in [6, 6.07) is 52.5. The van der Waals surface area contributed by atoms with Gasteiger partial charge in [-0.15, -0.1) is 0 Å². The van der Waals surface area contributed by atoms with E-state index < -0.39 is 5.54 Å². The van der Waals surface area contributed by atoms with Gasteiger partial charge in [-0.05, 0) is 65.9 Å². The van der Waals surface area contributed by atoms with Crippen molar-refractivity contribution in [2.45, 2.75) is 25.4 Å². The van der Waals surface area contributed by atoms with Gasteiger partial charge < -0.3 is 0 Å². The van der Waals surface area contributed by atoms with Gasteiger partial charge in [0, 0.05) is 0 Å². The Balaban J connectivity index is 1.35. The summed E-state index contributed by atoms with van der Waals surface area (Å²) in [5, 5.41) is 20.0. The lowest BCUT2D eigenvalue weighted by Crippen LogP contribution is -2.39. The van der Waals surface area contributed by atoms with Crippen LogP contribution in [0.3, 0.4) is 0 Å². The molecule has 0 saturated carbocycles. The first-order chi connectivity index (χ1) is 22.6.